The van der Waals surface area contributed by atoms with Gasteiger partial charge in [-0.2, -0.15) is 8.61 Å². The zero-order valence-electron chi connectivity index (χ0n) is 20.6. The van der Waals surface area contributed by atoms with Gasteiger partial charge in [-0.15, -0.1) is 0 Å². The smallest absolute Gasteiger partial charge is 0.243 e. The summed E-state index contributed by atoms with van der Waals surface area (Å²) in [5, 5.41) is 2.87. The minimum absolute atomic E-state index is 0.120. The van der Waals surface area contributed by atoms with Crippen molar-refractivity contribution in [3.8, 4) is 0 Å². The van der Waals surface area contributed by atoms with Crippen LogP contribution in [0.25, 0.3) is 0 Å². The van der Waals surface area contributed by atoms with E-state index in [9.17, 15) is 21.6 Å². The van der Waals surface area contributed by atoms with E-state index in [2.05, 4.69) is 5.32 Å². The number of nitrogens with zero attached hydrogens (tertiary/aromatic N) is 2. The maximum Gasteiger partial charge on any atom is 0.243 e. The van der Waals surface area contributed by atoms with Crippen LogP contribution in [0.4, 0.5) is 0 Å². The molecule has 0 atom stereocenters. The molecule has 0 bridgehead atoms. The third-order valence-electron chi connectivity index (χ3n) is 6.88. The molecule has 0 aliphatic carbocycles. The molecule has 2 heterocycles. The van der Waals surface area contributed by atoms with Crippen molar-refractivity contribution in [3.05, 3.63) is 59.7 Å². The molecule has 2 fully saturated rings. The van der Waals surface area contributed by atoms with Gasteiger partial charge in [0.15, 0.2) is 0 Å². The third kappa shape index (κ3) is 6.53. The summed E-state index contributed by atoms with van der Waals surface area (Å²) in [6, 6.07) is 13.5. The van der Waals surface area contributed by atoms with Crippen LogP contribution in [0.1, 0.15) is 56.1 Å². The van der Waals surface area contributed by atoms with Crippen LogP contribution in [-0.2, 0) is 37.8 Å². The van der Waals surface area contributed by atoms with Gasteiger partial charge in [0, 0.05) is 39.1 Å². The number of hydrogen-bond donors (Lipinski definition) is 1. The van der Waals surface area contributed by atoms with Crippen LogP contribution in [0.5, 0.6) is 0 Å². The van der Waals surface area contributed by atoms with Gasteiger partial charge in [-0.05, 0) is 67.5 Å². The summed E-state index contributed by atoms with van der Waals surface area (Å²) < 4.78 is 54.2. The van der Waals surface area contributed by atoms with Crippen LogP contribution in [-0.4, -0.2) is 57.5 Å². The first-order valence-corrected chi connectivity index (χ1v) is 15.6. The summed E-state index contributed by atoms with van der Waals surface area (Å²) in [4.78, 5) is 12.9. The lowest BCUT2D eigenvalue weighted by atomic mass is 10.1. The van der Waals surface area contributed by atoms with Gasteiger partial charge in [0.1, 0.15) is 0 Å². The number of sulfonamides is 2. The number of carbonyl (C=O) groups excluding carboxylic acids is 1. The molecular weight excluding hydrogens is 498 g/mol. The van der Waals surface area contributed by atoms with Crippen LogP contribution < -0.4 is 5.32 Å². The lowest BCUT2D eigenvalue weighted by Crippen LogP contribution is -2.35. The van der Waals surface area contributed by atoms with Crippen LogP contribution in [0.3, 0.4) is 0 Å². The molecule has 1 amide bonds. The molecule has 0 saturated carbocycles. The number of rotatable bonds is 9. The molecular formula is C26H35N3O5S2. The highest BCUT2D eigenvalue weighted by Crippen LogP contribution is 2.22. The third-order valence-corrected chi connectivity index (χ3v) is 10.7. The summed E-state index contributed by atoms with van der Waals surface area (Å²) >= 11 is 0. The molecule has 2 aliphatic heterocycles. The van der Waals surface area contributed by atoms with Crippen molar-refractivity contribution >= 4 is 26.0 Å². The number of benzene rings is 2. The van der Waals surface area contributed by atoms with Gasteiger partial charge in [-0.3, -0.25) is 4.79 Å². The van der Waals surface area contributed by atoms with E-state index in [4.69, 9.17) is 0 Å². The molecule has 2 aliphatic rings. The number of nitrogens with one attached hydrogen (secondary N) is 1. The predicted octanol–water partition coefficient (Wildman–Crippen LogP) is 3.28. The fourth-order valence-corrected chi connectivity index (χ4v) is 7.70. The molecule has 0 aromatic heterocycles. The molecule has 36 heavy (non-hydrogen) atoms. The van der Waals surface area contributed by atoms with Crippen molar-refractivity contribution in [2.45, 2.75) is 67.7 Å². The molecule has 0 unspecified atom stereocenters. The SMILES string of the molecule is O=C(CCc1ccc(S(=O)(=O)N2CCCCC2)cc1)NCc1ccc(S(=O)(=O)N2CCCCC2)cc1. The monoisotopic (exact) mass is 533 g/mol. The first-order valence-electron chi connectivity index (χ1n) is 12.7. The van der Waals surface area contributed by atoms with Crippen molar-refractivity contribution in [2.24, 2.45) is 0 Å². The molecule has 10 heteroatoms. The Morgan fingerprint density at radius 2 is 1.06 bits per heavy atom. The minimum Gasteiger partial charge on any atom is -0.352 e. The lowest BCUT2D eigenvalue weighted by molar-refractivity contribution is -0.121. The van der Waals surface area contributed by atoms with E-state index in [1.54, 1.807) is 57.1 Å². The molecule has 2 saturated heterocycles. The van der Waals surface area contributed by atoms with Gasteiger partial charge in [0.2, 0.25) is 26.0 Å². The second-order valence-electron chi connectivity index (χ2n) is 9.49. The zero-order valence-corrected chi connectivity index (χ0v) is 22.2. The normalized spacial score (nSPS) is 18.1. The molecule has 0 spiro atoms. The van der Waals surface area contributed by atoms with E-state index >= 15 is 0 Å². The minimum atomic E-state index is -3.46. The summed E-state index contributed by atoms with van der Waals surface area (Å²) in [5.41, 5.74) is 1.73. The Labute approximate surface area is 214 Å². The van der Waals surface area contributed by atoms with Gasteiger partial charge < -0.3 is 5.32 Å². The molecule has 196 valence electrons. The Bertz CT molecular complexity index is 1130. The highest BCUT2D eigenvalue weighted by molar-refractivity contribution is 7.89. The highest BCUT2D eigenvalue weighted by atomic mass is 32.2. The van der Waals surface area contributed by atoms with E-state index in [0.717, 1.165) is 49.7 Å². The second-order valence-corrected chi connectivity index (χ2v) is 13.4. The maximum atomic E-state index is 12.8. The molecule has 8 nitrogen and oxygen atoms in total. The number of piperidine rings is 2. The van der Waals surface area contributed by atoms with Crippen molar-refractivity contribution < 1.29 is 21.6 Å². The fourth-order valence-electron chi connectivity index (χ4n) is 4.66. The quantitative estimate of drug-likeness (QED) is 0.533. The number of aryl methyl sites for hydroxylation is 1. The molecule has 0 radical (unpaired) electrons. The Balaban J connectivity index is 1.25. The average Bonchev–Trinajstić information content (AvgIpc) is 2.92. The van der Waals surface area contributed by atoms with Crippen molar-refractivity contribution in [1.82, 2.24) is 13.9 Å². The highest BCUT2D eigenvalue weighted by Gasteiger charge is 2.26. The summed E-state index contributed by atoms with van der Waals surface area (Å²) in [6.07, 6.45) is 6.50. The lowest BCUT2D eigenvalue weighted by Gasteiger charge is -2.25. The Morgan fingerprint density at radius 1 is 0.639 bits per heavy atom. The van der Waals surface area contributed by atoms with Gasteiger partial charge >= 0.3 is 0 Å². The van der Waals surface area contributed by atoms with Gasteiger partial charge in [0.25, 0.3) is 0 Å². The number of hydrogen-bond acceptors (Lipinski definition) is 5. The van der Waals surface area contributed by atoms with E-state index in [-0.39, 0.29) is 17.2 Å². The number of amides is 1. The van der Waals surface area contributed by atoms with Crippen LogP contribution in [0.2, 0.25) is 0 Å². The maximum absolute atomic E-state index is 12.8. The Kier molecular flexibility index (Phi) is 8.82. The molecule has 4 rings (SSSR count). The zero-order chi connectivity index (χ0) is 25.6. The van der Waals surface area contributed by atoms with E-state index < -0.39 is 20.0 Å². The van der Waals surface area contributed by atoms with Crippen LogP contribution in [0, 0.1) is 0 Å². The molecule has 2 aromatic carbocycles. The predicted molar refractivity (Wildman–Crippen MR) is 138 cm³/mol. The van der Waals surface area contributed by atoms with E-state index in [0.29, 0.717) is 44.0 Å². The Hall–Kier alpha value is -2.27. The van der Waals surface area contributed by atoms with Gasteiger partial charge in [-0.25, -0.2) is 16.8 Å². The first-order chi connectivity index (χ1) is 17.3. The summed E-state index contributed by atoms with van der Waals surface area (Å²) in [5.74, 6) is -0.120. The number of carbonyl (C=O) groups is 1. The largest absolute Gasteiger partial charge is 0.352 e. The van der Waals surface area contributed by atoms with Gasteiger partial charge in [0.05, 0.1) is 9.79 Å². The van der Waals surface area contributed by atoms with E-state index in [1.807, 2.05) is 0 Å². The topological polar surface area (TPSA) is 104 Å². The average molecular weight is 534 g/mol. The van der Waals surface area contributed by atoms with Gasteiger partial charge in [-0.1, -0.05) is 37.1 Å². The summed E-state index contributed by atoms with van der Waals surface area (Å²) in [6.45, 7) is 2.59. The molecule has 2 aromatic rings. The fraction of sp³-hybridized carbons (Fsp3) is 0.500. The standard InChI is InChI=1S/C26H35N3O5S2/c30-26(16-11-22-7-12-24(13-8-22)35(31,32)28-17-3-1-4-18-28)27-21-23-9-14-25(15-10-23)36(33,34)29-19-5-2-6-20-29/h7-10,12-15H,1-6,11,16-21H2,(H,27,30). The summed E-state index contributed by atoms with van der Waals surface area (Å²) in [7, 11) is -6.92. The van der Waals surface area contributed by atoms with Crippen molar-refractivity contribution in [2.75, 3.05) is 26.2 Å². The Morgan fingerprint density at radius 3 is 1.50 bits per heavy atom. The van der Waals surface area contributed by atoms with E-state index in [1.165, 1.54) is 0 Å². The first kappa shape index (κ1) is 26.8. The second kappa shape index (κ2) is 11.9. The van der Waals surface area contributed by atoms with Crippen LogP contribution in [0.15, 0.2) is 58.3 Å². The van der Waals surface area contributed by atoms with Crippen molar-refractivity contribution in [1.29, 1.82) is 0 Å². The molecule has 1 N–H and O–H groups in total. The van der Waals surface area contributed by atoms with Crippen molar-refractivity contribution in [3.63, 3.8) is 0 Å². The van der Waals surface area contributed by atoms with Crippen LogP contribution >= 0.6 is 0 Å².